The molecular formula is C18H19N3O3S. The van der Waals surface area contributed by atoms with Gasteiger partial charge in [0.1, 0.15) is 0 Å². The number of carbonyl (C=O) groups is 1. The van der Waals surface area contributed by atoms with Crippen LogP contribution in [0.15, 0.2) is 47.4 Å². The topological polar surface area (TPSA) is 75.5 Å². The molecule has 7 heteroatoms. The van der Waals surface area contributed by atoms with Crippen molar-refractivity contribution in [3.05, 3.63) is 58.1 Å². The average molecular weight is 357 g/mol. The van der Waals surface area contributed by atoms with Crippen LogP contribution in [0.5, 0.6) is 0 Å². The van der Waals surface area contributed by atoms with Gasteiger partial charge in [0.25, 0.3) is 5.69 Å². The molecule has 0 radical (unpaired) electrons. The maximum Gasteiger partial charge on any atom is 0.269 e. The van der Waals surface area contributed by atoms with E-state index in [-0.39, 0.29) is 17.3 Å². The van der Waals surface area contributed by atoms with Crippen LogP contribution < -0.4 is 10.2 Å². The third-order valence-corrected chi connectivity index (χ3v) is 5.17. The SMILES string of the molecule is CCN1CCc2ccc(NC(=O)CSc3ccc([N+](=O)[O-])cc3)cc21. The Kier molecular flexibility index (Phi) is 5.23. The molecule has 1 N–H and O–H groups in total. The number of thioether (sulfide) groups is 1. The molecule has 1 aliphatic rings. The number of carbonyl (C=O) groups excluding carboxylic acids is 1. The summed E-state index contributed by atoms with van der Waals surface area (Å²) in [6, 6.07) is 12.2. The number of rotatable bonds is 6. The molecule has 1 amide bonds. The molecule has 25 heavy (non-hydrogen) atoms. The minimum absolute atomic E-state index is 0.0485. The lowest BCUT2D eigenvalue weighted by atomic mass is 10.1. The van der Waals surface area contributed by atoms with Crippen LogP contribution in [0.4, 0.5) is 17.1 Å². The summed E-state index contributed by atoms with van der Waals surface area (Å²) in [6.07, 6.45) is 1.05. The van der Waals surface area contributed by atoms with E-state index in [4.69, 9.17) is 0 Å². The van der Waals surface area contributed by atoms with Crippen LogP contribution in [0.2, 0.25) is 0 Å². The van der Waals surface area contributed by atoms with E-state index in [2.05, 4.69) is 23.2 Å². The number of anilines is 2. The highest BCUT2D eigenvalue weighted by Crippen LogP contribution is 2.30. The molecule has 2 aromatic carbocycles. The number of likely N-dealkylation sites (N-methyl/N-ethyl adjacent to an activating group) is 1. The van der Waals surface area contributed by atoms with Crippen LogP contribution in [0.1, 0.15) is 12.5 Å². The number of nitrogens with zero attached hydrogens (tertiary/aromatic N) is 2. The summed E-state index contributed by atoms with van der Waals surface area (Å²) in [5.41, 5.74) is 3.37. The van der Waals surface area contributed by atoms with Gasteiger partial charge < -0.3 is 10.2 Å². The molecule has 0 spiro atoms. The van der Waals surface area contributed by atoms with E-state index in [0.29, 0.717) is 0 Å². The van der Waals surface area contributed by atoms with Crippen molar-refractivity contribution in [1.29, 1.82) is 0 Å². The van der Waals surface area contributed by atoms with Gasteiger partial charge in [-0.05, 0) is 43.2 Å². The molecule has 0 aromatic heterocycles. The highest BCUT2D eigenvalue weighted by molar-refractivity contribution is 8.00. The third kappa shape index (κ3) is 4.11. The second kappa shape index (κ2) is 7.57. The first-order valence-corrected chi connectivity index (χ1v) is 9.10. The molecule has 0 bridgehead atoms. The maximum atomic E-state index is 12.2. The Morgan fingerprint density at radius 3 is 2.72 bits per heavy atom. The van der Waals surface area contributed by atoms with Gasteiger partial charge in [0, 0.05) is 41.5 Å². The largest absolute Gasteiger partial charge is 0.371 e. The number of nitro benzene ring substituents is 1. The summed E-state index contributed by atoms with van der Waals surface area (Å²) in [6.45, 7) is 4.11. The quantitative estimate of drug-likeness (QED) is 0.485. The first kappa shape index (κ1) is 17.3. The van der Waals surface area contributed by atoms with Gasteiger partial charge in [-0.2, -0.15) is 0 Å². The van der Waals surface area contributed by atoms with Gasteiger partial charge in [-0.15, -0.1) is 11.8 Å². The van der Waals surface area contributed by atoms with E-state index in [9.17, 15) is 14.9 Å². The lowest BCUT2D eigenvalue weighted by Crippen LogP contribution is -2.19. The molecule has 3 rings (SSSR count). The summed E-state index contributed by atoms with van der Waals surface area (Å²) in [7, 11) is 0. The Bertz CT molecular complexity index is 793. The van der Waals surface area contributed by atoms with Crippen molar-refractivity contribution in [1.82, 2.24) is 0 Å². The van der Waals surface area contributed by atoms with Crippen molar-refractivity contribution in [2.24, 2.45) is 0 Å². The zero-order valence-electron chi connectivity index (χ0n) is 13.9. The molecule has 1 heterocycles. The van der Waals surface area contributed by atoms with Crippen LogP contribution in [0.25, 0.3) is 0 Å². The number of non-ortho nitro benzene ring substituents is 1. The van der Waals surface area contributed by atoms with Crippen LogP contribution >= 0.6 is 11.8 Å². The van der Waals surface area contributed by atoms with Crippen molar-refractivity contribution in [3.63, 3.8) is 0 Å². The summed E-state index contributed by atoms with van der Waals surface area (Å²) < 4.78 is 0. The van der Waals surface area contributed by atoms with Gasteiger partial charge in [0.15, 0.2) is 0 Å². The fraction of sp³-hybridized carbons (Fsp3) is 0.278. The number of hydrogen-bond donors (Lipinski definition) is 1. The second-order valence-corrected chi connectivity index (χ2v) is 6.81. The van der Waals surface area contributed by atoms with Crippen molar-refractivity contribution >= 4 is 34.7 Å². The summed E-state index contributed by atoms with van der Waals surface area (Å²) in [4.78, 5) is 25.5. The molecule has 0 saturated heterocycles. The number of nitrogens with one attached hydrogen (secondary N) is 1. The van der Waals surface area contributed by atoms with Crippen molar-refractivity contribution in [2.75, 3.05) is 29.1 Å². The molecular weight excluding hydrogens is 338 g/mol. The first-order valence-electron chi connectivity index (χ1n) is 8.12. The van der Waals surface area contributed by atoms with E-state index in [1.54, 1.807) is 12.1 Å². The number of amides is 1. The van der Waals surface area contributed by atoms with Crippen molar-refractivity contribution in [3.8, 4) is 0 Å². The Hall–Kier alpha value is -2.54. The van der Waals surface area contributed by atoms with E-state index >= 15 is 0 Å². The zero-order valence-corrected chi connectivity index (χ0v) is 14.7. The molecule has 0 atom stereocenters. The Morgan fingerprint density at radius 1 is 1.28 bits per heavy atom. The number of hydrogen-bond acceptors (Lipinski definition) is 5. The molecule has 0 saturated carbocycles. The Labute approximate surface area is 150 Å². The van der Waals surface area contributed by atoms with E-state index in [1.807, 2.05) is 12.1 Å². The van der Waals surface area contributed by atoms with Crippen LogP contribution in [-0.4, -0.2) is 29.7 Å². The van der Waals surface area contributed by atoms with Gasteiger partial charge >= 0.3 is 0 Å². The molecule has 0 fully saturated rings. The fourth-order valence-electron chi connectivity index (χ4n) is 2.86. The predicted molar refractivity (Wildman–Crippen MR) is 100 cm³/mol. The molecule has 2 aromatic rings. The standard InChI is InChI=1S/C18H19N3O3S/c1-2-20-10-9-13-3-4-14(11-17(13)20)19-18(22)12-25-16-7-5-15(6-8-16)21(23)24/h3-8,11H,2,9-10,12H2,1H3,(H,19,22). The summed E-state index contributed by atoms with van der Waals surface area (Å²) in [5.74, 6) is 0.163. The molecule has 1 aliphatic heterocycles. The predicted octanol–water partition coefficient (Wildman–Crippen LogP) is 3.71. The third-order valence-electron chi connectivity index (χ3n) is 4.16. The number of fused-ring (bicyclic) bond motifs is 1. The average Bonchev–Trinajstić information content (AvgIpc) is 3.02. The summed E-state index contributed by atoms with van der Waals surface area (Å²) >= 11 is 1.35. The van der Waals surface area contributed by atoms with Crippen molar-refractivity contribution in [2.45, 2.75) is 18.2 Å². The lowest BCUT2D eigenvalue weighted by molar-refractivity contribution is -0.384. The van der Waals surface area contributed by atoms with Gasteiger partial charge in [0.05, 0.1) is 10.7 Å². The fourth-order valence-corrected chi connectivity index (χ4v) is 3.56. The molecule has 0 unspecified atom stereocenters. The van der Waals surface area contributed by atoms with Crippen LogP contribution in [0.3, 0.4) is 0 Å². The second-order valence-electron chi connectivity index (χ2n) is 5.76. The monoisotopic (exact) mass is 357 g/mol. The minimum Gasteiger partial charge on any atom is -0.371 e. The van der Waals surface area contributed by atoms with E-state index < -0.39 is 4.92 Å². The number of nitro groups is 1. The zero-order chi connectivity index (χ0) is 17.8. The smallest absolute Gasteiger partial charge is 0.269 e. The molecule has 6 nitrogen and oxygen atoms in total. The normalized spacial score (nSPS) is 12.8. The molecule has 0 aliphatic carbocycles. The maximum absolute atomic E-state index is 12.2. The number of benzene rings is 2. The minimum atomic E-state index is -0.436. The van der Waals surface area contributed by atoms with E-state index in [0.717, 1.165) is 30.1 Å². The van der Waals surface area contributed by atoms with Crippen molar-refractivity contribution < 1.29 is 9.72 Å². The molecule has 130 valence electrons. The first-order chi connectivity index (χ1) is 12.1. The Balaban J connectivity index is 1.57. The highest BCUT2D eigenvalue weighted by atomic mass is 32.2. The van der Waals surface area contributed by atoms with Gasteiger partial charge in [-0.1, -0.05) is 6.07 Å². The van der Waals surface area contributed by atoms with Gasteiger partial charge in [-0.25, -0.2) is 0 Å². The van der Waals surface area contributed by atoms with Gasteiger partial charge in [-0.3, -0.25) is 14.9 Å². The van der Waals surface area contributed by atoms with Gasteiger partial charge in [0.2, 0.25) is 5.91 Å². The van der Waals surface area contributed by atoms with E-state index in [1.165, 1.54) is 35.1 Å². The lowest BCUT2D eigenvalue weighted by Gasteiger charge is -2.17. The Morgan fingerprint density at radius 2 is 2.04 bits per heavy atom. The van der Waals surface area contributed by atoms with Crippen LogP contribution in [0, 0.1) is 10.1 Å². The van der Waals surface area contributed by atoms with Crippen LogP contribution in [-0.2, 0) is 11.2 Å². The summed E-state index contributed by atoms with van der Waals surface area (Å²) in [5, 5.41) is 13.6. The highest BCUT2D eigenvalue weighted by Gasteiger charge is 2.18.